The third kappa shape index (κ3) is 4.39. The molecular formula is C15H20O4. The number of ketones is 1. The van der Waals surface area contributed by atoms with Gasteiger partial charge in [-0.2, -0.15) is 0 Å². The monoisotopic (exact) mass is 264 g/mol. The van der Waals surface area contributed by atoms with Crippen LogP contribution in [0, 0.1) is 0 Å². The van der Waals surface area contributed by atoms with E-state index in [1.807, 2.05) is 0 Å². The van der Waals surface area contributed by atoms with Crippen LogP contribution in [0.5, 0.6) is 11.5 Å². The van der Waals surface area contributed by atoms with Gasteiger partial charge in [-0.1, -0.05) is 25.8 Å². The van der Waals surface area contributed by atoms with Crippen molar-refractivity contribution >= 4 is 11.8 Å². The highest BCUT2D eigenvalue weighted by Crippen LogP contribution is 2.31. The SMILES string of the molecule is CCCCCC(=O)Oc1c(OC)cccc1C(C)=O. The van der Waals surface area contributed by atoms with E-state index < -0.39 is 0 Å². The van der Waals surface area contributed by atoms with E-state index in [9.17, 15) is 9.59 Å². The standard InChI is InChI=1S/C15H20O4/c1-4-5-6-10-14(17)19-15-12(11(2)16)8-7-9-13(15)18-3/h7-9H,4-6,10H2,1-3H3. The van der Waals surface area contributed by atoms with Crippen molar-refractivity contribution in [2.75, 3.05) is 7.11 Å². The number of para-hydroxylation sites is 1. The van der Waals surface area contributed by atoms with Crippen molar-refractivity contribution in [3.8, 4) is 11.5 Å². The molecular weight excluding hydrogens is 244 g/mol. The summed E-state index contributed by atoms with van der Waals surface area (Å²) in [5, 5.41) is 0. The van der Waals surface area contributed by atoms with E-state index in [0.717, 1.165) is 19.3 Å². The Kier molecular flexibility index (Phi) is 6.06. The molecule has 0 aliphatic heterocycles. The van der Waals surface area contributed by atoms with Gasteiger partial charge < -0.3 is 9.47 Å². The molecule has 19 heavy (non-hydrogen) atoms. The Bertz CT molecular complexity index is 451. The van der Waals surface area contributed by atoms with Crippen molar-refractivity contribution in [2.45, 2.75) is 39.5 Å². The number of rotatable bonds is 7. The number of ether oxygens (including phenoxy) is 2. The minimum atomic E-state index is -0.333. The summed E-state index contributed by atoms with van der Waals surface area (Å²) >= 11 is 0. The molecule has 1 aromatic rings. The molecule has 0 bridgehead atoms. The second kappa shape index (κ2) is 7.56. The molecule has 0 radical (unpaired) electrons. The van der Waals surface area contributed by atoms with Gasteiger partial charge in [-0.05, 0) is 25.5 Å². The zero-order valence-electron chi connectivity index (χ0n) is 11.7. The van der Waals surface area contributed by atoms with Crippen LogP contribution in [0.3, 0.4) is 0 Å². The van der Waals surface area contributed by atoms with Gasteiger partial charge in [-0.3, -0.25) is 9.59 Å². The summed E-state index contributed by atoms with van der Waals surface area (Å²) in [6.07, 6.45) is 3.17. The quantitative estimate of drug-likeness (QED) is 0.328. The first-order valence-electron chi connectivity index (χ1n) is 6.48. The molecule has 1 aromatic carbocycles. The van der Waals surface area contributed by atoms with E-state index >= 15 is 0 Å². The van der Waals surface area contributed by atoms with Crippen LogP contribution in [-0.2, 0) is 4.79 Å². The Morgan fingerprint density at radius 1 is 1.21 bits per heavy atom. The van der Waals surface area contributed by atoms with Crippen molar-refractivity contribution in [3.63, 3.8) is 0 Å². The van der Waals surface area contributed by atoms with Gasteiger partial charge in [-0.25, -0.2) is 0 Å². The summed E-state index contributed by atoms with van der Waals surface area (Å²) in [5.41, 5.74) is 0.364. The molecule has 0 aliphatic carbocycles. The smallest absolute Gasteiger partial charge is 0.311 e. The van der Waals surface area contributed by atoms with E-state index in [1.165, 1.54) is 14.0 Å². The first kappa shape index (κ1) is 15.2. The van der Waals surface area contributed by atoms with Crippen LogP contribution in [0.15, 0.2) is 18.2 Å². The number of esters is 1. The Hall–Kier alpha value is -1.84. The number of Topliss-reactive ketones (excluding diaryl/α,β-unsaturated/α-hetero) is 1. The zero-order valence-corrected chi connectivity index (χ0v) is 11.7. The van der Waals surface area contributed by atoms with E-state index in [-0.39, 0.29) is 17.5 Å². The average molecular weight is 264 g/mol. The summed E-state index contributed by atoms with van der Waals surface area (Å²) in [6, 6.07) is 4.99. The molecule has 0 atom stereocenters. The largest absolute Gasteiger partial charge is 0.493 e. The van der Waals surface area contributed by atoms with Gasteiger partial charge >= 0.3 is 5.97 Å². The van der Waals surface area contributed by atoms with Gasteiger partial charge in [-0.15, -0.1) is 0 Å². The third-order valence-electron chi connectivity index (χ3n) is 2.78. The number of methoxy groups -OCH3 is 1. The molecule has 0 fully saturated rings. The van der Waals surface area contributed by atoms with E-state index in [0.29, 0.717) is 17.7 Å². The van der Waals surface area contributed by atoms with Gasteiger partial charge in [0.1, 0.15) is 0 Å². The fraction of sp³-hybridized carbons (Fsp3) is 0.467. The van der Waals surface area contributed by atoms with Gasteiger partial charge in [0.05, 0.1) is 12.7 Å². The average Bonchev–Trinajstić information content (AvgIpc) is 2.39. The lowest BCUT2D eigenvalue weighted by Crippen LogP contribution is -2.11. The van der Waals surface area contributed by atoms with Crippen LogP contribution in [0.2, 0.25) is 0 Å². The first-order chi connectivity index (χ1) is 9.10. The highest BCUT2D eigenvalue weighted by Gasteiger charge is 2.17. The summed E-state index contributed by atoms with van der Waals surface area (Å²) < 4.78 is 10.4. The van der Waals surface area contributed by atoms with E-state index in [1.54, 1.807) is 18.2 Å². The van der Waals surface area contributed by atoms with Gasteiger partial charge in [0.15, 0.2) is 17.3 Å². The summed E-state index contributed by atoms with van der Waals surface area (Å²) in [6.45, 7) is 3.50. The molecule has 4 nitrogen and oxygen atoms in total. The van der Waals surface area contributed by atoms with Crippen LogP contribution in [0.25, 0.3) is 0 Å². The molecule has 0 heterocycles. The molecule has 0 N–H and O–H groups in total. The zero-order chi connectivity index (χ0) is 14.3. The Balaban J connectivity index is 2.86. The van der Waals surface area contributed by atoms with Crippen molar-refractivity contribution in [2.24, 2.45) is 0 Å². The highest BCUT2D eigenvalue weighted by atomic mass is 16.6. The predicted octanol–water partition coefficient (Wildman–Crippen LogP) is 3.38. The van der Waals surface area contributed by atoms with Crippen molar-refractivity contribution in [1.82, 2.24) is 0 Å². The van der Waals surface area contributed by atoms with Gasteiger partial charge in [0.2, 0.25) is 0 Å². The van der Waals surface area contributed by atoms with Gasteiger partial charge in [0.25, 0.3) is 0 Å². The normalized spacial score (nSPS) is 10.1. The Labute approximate surface area is 113 Å². The number of hydrogen-bond donors (Lipinski definition) is 0. The number of carbonyl (C=O) groups is 2. The van der Waals surface area contributed by atoms with Crippen molar-refractivity contribution in [1.29, 1.82) is 0 Å². The highest BCUT2D eigenvalue weighted by molar-refractivity contribution is 5.98. The third-order valence-corrected chi connectivity index (χ3v) is 2.78. The summed E-state index contributed by atoms with van der Waals surface area (Å²) in [4.78, 5) is 23.3. The predicted molar refractivity (Wildman–Crippen MR) is 72.8 cm³/mol. The fourth-order valence-corrected chi connectivity index (χ4v) is 1.74. The molecule has 0 aliphatic rings. The molecule has 4 heteroatoms. The second-order valence-electron chi connectivity index (χ2n) is 4.32. The number of unbranched alkanes of at least 4 members (excludes halogenated alkanes) is 2. The Morgan fingerprint density at radius 3 is 2.53 bits per heavy atom. The van der Waals surface area contributed by atoms with Crippen LogP contribution in [0.1, 0.15) is 49.9 Å². The first-order valence-corrected chi connectivity index (χ1v) is 6.48. The maximum atomic E-state index is 11.7. The summed E-state index contributed by atoms with van der Waals surface area (Å²) in [7, 11) is 1.48. The second-order valence-corrected chi connectivity index (χ2v) is 4.32. The van der Waals surface area contributed by atoms with Crippen LogP contribution >= 0.6 is 0 Å². The topological polar surface area (TPSA) is 52.6 Å². The van der Waals surface area contributed by atoms with Crippen LogP contribution < -0.4 is 9.47 Å². The minimum Gasteiger partial charge on any atom is -0.493 e. The Morgan fingerprint density at radius 2 is 1.95 bits per heavy atom. The lowest BCUT2D eigenvalue weighted by molar-refractivity contribution is -0.134. The van der Waals surface area contributed by atoms with E-state index in [4.69, 9.17) is 9.47 Å². The van der Waals surface area contributed by atoms with E-state index in [2.05, 4.69) is 6.92 Å². The molecule has 0 aromatic heterocycles. The maximum Gasteiger partial charge on any atom is 0.311 e. The molecule has 0 unspecified atom stereocenters. The van der Waals surface area contributed by atoms with Crippen molar-refractivity contribution < 1.29 is 19.1 Å². The molecule has 0 amide bonds. The molecule has 0 spiro atoms. The molecule has 104 valence electrons. The minimum absolute atomic E-state index is 0.157. The molecule has 1 rings (SSSR count). The number of benzene rings is 1. The lowest BCUT2D eigenvalue weighted by Gasteiger charge is -2.12. The van der Waals surface area contributed by atoms with Gasteiger partial charge in [0, 0.05) is 6.42 Å². The molecule has 0 saturated carbocycles. The number of hydrogen-bond acceptors (Lipinski definition) is 4. The maximum absolute atomic E-state index is 11.7. The lowest BCUT2D eigenvalue weighted by atomic mass is 10.1. The fourth-order valence-electron chi connectivity index (χ4n) is 1.74. The van der Waals surface area contributed by atoms with Crippen LogP contribution in [-0.4, -0.2) is 18.9 Å². The summed E-state index contributed by atoms with van der Waals surface area (Å²) in [5.74, 6) is 0.131. The van der Waals surface area contributed by atoms with Crippen molar-refractivity contribution in [3.05, 3.63) is 23.8 Å². The number of carbonyl (C=O) groups excluding carboxylic acids is 2. The van der Waals surface area contributed by atoms with Crippen LogP contribution in [0.4, 0.5) is 0 Å². The molecule has 0 saturated heterocycles.